The van der Waals surface area contributed by atoms with Gasteiger partial charge in [-0.15, -0.1) is 0 Å². The Hall–Kier alpha value is -2.87. The molecule has 3 atom stereocenters. The van der Waals surface area contributed by atoms with Crippen molar-refractivity contribution in [2.45, 2.75) is 30.6 Å². The summed E-state index contributed by atoms with van der Waals surface area (Å²) in [5.74, 6) is -3.33. The summed E-state index contributed by atoms with van der Waals surface area (Å²) in [5, 5.41) is 0. The average molecular weight is 392 g/mol. The second-order valence-corrected chi connectivity index (χ2v) is 6.58. The molecule has 2 aromatic carbocycles. The van der Waals surface area contributed by atoms with Crippen molar-refractivity contribution < 1.29 is 27.5 Å². The first kappa shape index (κ1) is 19.9. The molecule has 2 aromatic rings. The molecule has 1 fully saturated rings. The van der Waals surface area contributed by atoms with Gasteiger partial charge in [0.15, 0.2) is 0 Å². The average Bonchev–Trinajstić information content (AvgIpc) is 3.02. The van der Waals surface area contributed by atoms with E-state index in [9.17, 15) is 22.8 Å². The Balaban J connectivity index is 1.86. The van der Waals surface area contributed by atoms with E-state index in [1.807, 2.05) is 6.07 Å². The molecule has 0 aliphatic carbocycles. The summed E-state index contributed by atoms with van der Waals surface area (Å²) >= 11 is 0. The van der Waals surface area contributed by atoms with Crippen molar-refractivity contribution in [2.24, 2.45) is 5.73 Å². The Morgan fingerprint density at radius 3 is 2.25 bits per heavy atom. The van der Waals surface area contributed by atoms with Gasteiger partial charge < -0.3 is 10.5 Å². The molecule has 0 aromatic heterocycles. The highest BCUT2D eigenvalue weighted by Gasteiger charge is 2.50. The van der Waals surface area contributed by atoms with Gasteiger partial charge in [-0.05, 0) is 17.5 Å². The number of nitrogens with two attached hydrogens (primary N) is 1. The van der Waals surface area contributed by atoms with Gasteiger partial charge in [0.05, 0.1) is 6.04 Å². The van der Waals surface area contributed by atoms with Crippen LogP contribution < -0.4 is 5.73 Å². The second-order valence-electron chi connectivity index (χ2n) is 6.58. The Morgan fingerprint density at radius 1 is 1.11 bits per heavy atom. The van der Waals surface area contributed by atoms with Gasteiger partial charge >= 0.3 is 12.3 Å². The predicted octanol–water partition coefficient (Wildman–Crippen LogP) is 3.25. The van der Waals surface area contributed by atoms with E-state index in [0.717, 1.165) is 10.5 Å². The number of amides is 2. The summed E-state index contributed by atoms with van der Waals surface area (Å²) < 4.78 is 46.0. The van der Waals surface area contributed by atoms with Crippen LogP contribution in [-0.2, 0) is 16.0 Å². The summed E-state index contributed by atoms with van der Waals surface area (Å²) in [6.07, 6.45) is -5.46. The Morgan fingerprint density at radius 2 is 1.68 bits per heavy atom. The first-order chi connectivity index (χ1) is 13.3. The molecule has 1 aliphatic rings. The van der Waals surface area contributed by atoms with Crippen molar-refractivity contribution in [1.82, 2.24) is 4.90 Å². The third kappa shape index (κ3) is 4.17. The highest BCUT2D eigenvalue weighted by Crippen LogP contribution is 2.37. The van der Waals surface area contributed by atoms with Gasteiger partial charge in [0, 0.05) is 0 Å². The Bertz CT molecular complexity index is 828. The Kier molecular flexibility index (Phi) is 5.69. The van der Waals surface area contributed by atoms with Crippen LogP contribution in [0.2, 0.25) is 0 Å². The fraction of sp³-hybridized carbons (Fsp3) is 0.300. The molecule has 1 saturated heterocycles. The lowest BCUT2D eigenvalue weighted by atomic mass is 9.90. The number of imide groups is 1. The minimum absolute atomic E-state index is 0.0891. The van der Waals surface area contributed by atoms with Gasteiger partial charge in [0.25, 0.3) is 0 Å². The molecule has 2 N–H and O–H groups in total. The third-order valence-electron chi connectivity index (χ3n) is 4.67. The third-order valence-corrected chi connectivity index (χ3v) is 4.67. The number of alkyl halides is 3. The quantitative estimate of drug-likeness (QED) is 0.848. The monoisotopic (exact) mass is 392 g/mol. The topological polar surface area (TPSA) is 72.6 Å². The summed E-state index contributed by atoms with van der Waals surface area (Å²) in [5.41, 5.74) is 6.45. The van der Waals surface area contributed by atoms with Crippen molar-refractivity contribution in [3.05, 3.63) is 71.8 Å². The highest BCUT2D eigenvalue weighted by molar-refractivity contribution is 5.97. The molecule has 28 heavy (non-hydrogen) atoms. The molecule has 5 nitrogen and oxygen atoms in total. The highest BCUT2D eigenvalue weighted by atomic mass is 19.4. The fourth-order valence-electron chi connectivity index (χ4n) is 3.33. The molecule has 2 unspecified atom stereocenters. The van der Waals surface area contributed by atoms with Gasteiger partial charge in [-0.2, -0.15) is 13.2 Å². The largest absolute Gasteiger partial charge is 0.447 e. The van der Waals surface area contributed by atoms with Crippen LogP contribution in [0.5, 0.6) is 0 Å². The first-order valence-electron chi connectivity index (χ1n) is 8.70. The van der Waals surface area contributed by atoms with Gasteiger partial charge in [0.2, 0.25) is 5.91 Å². The lowest BCUT2D eigenvalue weighted by Crippen LogP contribution is -2.53. The molecule has 8 heteroatoms. The normalized spacial score (nSPS) is 19.2. The number of cyclic esters (lactones) is 1. The van der Waals surface area contributed by atoms with E-state index in [1.165, 1.54) is 24.3 Å². The zero-order valence-corrected chi connectivity index (χ0v) is 14.8. The molecule has 1 heterocycles. The van der Waals surface area contributed by atoms with Crippen molar-refractivity contribution in [1.29, 1.82) is 0 Å². The van der Waals surface area contributed by atoms with Crippen molar-refractivity contribution in [3.8, 4) is 0 Å². The molecule has 1 aliphatic heterocycles. The molecule has 2 amide bonds. The first-order valence-corrected chi connectivity index (χ1v) is 8.70. The fourth-order valence-corrected chi connectivity index (χ4v) is 3.33. The van der Waals surface area contributed by atoms with Gasteiger partial charge in [0.1, 0.15) is 18.6 Å². The lowest BCUT2D eigenvalue weighted by molar-refractivity contribution is -0.163. The van der Waals surface area contributed by atoms with Crippen LogP contribution in [0.4, 0.5) is 18.0 Å². The van der Waals surface area contributed by atoms with Crippen LogP contribution in [0.3, 0.4) is 0 Å². The molecular weight excluding hydrogens is 373 g/mol. The van der Waals surface area contributed by atoms with E-state index < -0.39 is 36.2 Å². The molecule has 0 spiro atoms. The number of halogens is 3. The van der Waals surface area contributed by atoms with E-state index in [-0.39, 0.29) is 18.6 Å². The van der Waals surface area contributed by atoms with Crippen molar-refractivity contribution in [3.63, 3.8) is 0 Å². The van der Waals surface area contributed by atoms with Crippen LogP contribution in [0, 0.1) is 0 Å². The zero-order chi connectivity index (χ0) is 20.3. The Labute approximate surface area is 159 Å². The number of carbonyl (C=O) groups is 2. The number of ether oxygens (including phenoxy) is 1. The number of hydrogen-bond acceptors (Lipinski definition) is 4. The predicted molar refractivity (Wildman–Crippen MR) is 95.3 cm³/mol. The minimum Gasteiger partial charge on any atom is -0.447 e. The van der Waals surface area contributed by atoms with Crippen LogP contribution in [0.1, 0.15) is 17.0 Å². The van der Waals surface area contributed by atoms with Crippen LogP contribution in [-0.4, -0.2) is 41.8 Å². The van der Waals surface area contributed by atoms with E-state index >= 15 is 0 Å². The van der Waals surface area contributed by atoms with E-state index in [2.05, 4.69) is 0 Å². The summed E-state index contributed by atoms with van der Waals surface area (Å²) in [6.45, 7) is -0.0891. The zero-order valence-electron chi connectivity index (χ0n) is 14.8. The number of hydrogen-bond donors (Lipinski definition) is 1. The van der Waals surface area contributed by atoms with Gasteiger partial charge in [-0.3, -0.25) is 4.79 Å². The van der Waals surface area contributed by atoms with E-state index in [1.54, 1.807) is 30.3 Å². The SMILES string of the molecule is NC(C(=O)N1C(=O)OC[C@@H]1Cc1ccccc1)C(c1ccccc1)C(F)(F)F. The number of nitrogens with zero attached hydrogens (tertiary/aromatic N) is 1. The van der Waals surface area contributed by atoms with Crippen LogP contribution >= 0.6 is 0 Å². The molecule has 3 rings (SSSR count). The molecule has 0 saturated carbocycles. The summed E-state index contributed by atoms with van der Waals surface area (Å²) in [7, 11) is 0. The maximum atomic E-state index is 13.7. The standard InChI is InChI=1S/C20H19F3N2O3/c21-20(22,23)16(14-9-5-2-6-10-14)17(24)18(26)25-15(12-28-19(25)27)11-13-7-3-1-4-8-13/h1-10,15-17H,11-12,24H2/t15-,16?,17?/m0/s1. The summed E-state index contributed by atoms with van der Waals surface area (Å²) in [6, 6.07) is 13.3. The minimum atomic E-state index is -4.75. The number of rotatable bonds is 5. The van der Waals surface area contributed by atoms with Gasteiger partial charge in [-0.25, -0.2) is 9.69 Å². The van der Waals surface area contributed by atoms with E-state index in [4.69, 9.17) is 10.5 Å². The number of carbonyl (C=O) groups excluding carboxylic acids is 2. The van der Waals surface area contributed by atoms with Crippen molar-refractivity contribution >= 4 is 12.0 Å². The molecule has 0 bridgehead atoms. The number of benzene rings is 2. The maximum Gasteiger partial charge on any atom is 0.417 e. The van der Waals surface area contributed by atoms with Crippen LogP contribution in [0.25, 0.3) is 0 Å². The molecule has 148 valence electrons. The van der Waals surface area contributed by atoms with Crippen LogP contribution in [0.15, 0.2) is 60.7 Å². The summed E-state index contributed by atoms with van der Waals surface area (Å²) in [4.78, 5) is 25.6. The molecular formula is C20H19F3N2O3. The lowest BCUT2D eigenvalue weighted by Gasteiger charge is -2.29. The second kappa shape index (κ2) is 8.02. The smallest absolute Gasteiger partial charge is 0.417 e. The van der Waals surface area contributed by atoms with E-state index in [0.29, 0.717) is 0 Å². The van der Waals surface area contributed by atoms with Gasteiger partial charge in [-0.1, -0.05) is 60.7 Å². The van der Waals surface area contributed by atoms with Crippen molar-refractivity contribution in [2.75, 3.05) is 6.61 Å². The maximum absolute atomic E-state index is 13.7. The molecule has 0 radical (unpaired) electrons.